The fourth-order valence-corrected chi connectivity index (χ4v) is 2.37. The van der Waals surface area contributed by atoms with Crippen molar-refractivity contribution in [3.05, 3.63) is 0 Å². The average Bonchev–Trinajstić information content (AvgIpc) is 2.72. The summed E-state index contributed by atoms with van der Waals surface area (Å²) >= 11 is 0. The Balaban J connectivity index is 1.73. The highest BCUT2D eigenvalue weighted by Crippen LogP contribution is 2.22. The second-order valence-electron chi connectivity index (χ2n) is 4.83. The molecule has 0 spiro atoms. The highest BCUT2D eigenvalue weighted by Gasteiger charge is 2.32. The van der Waals surface area contributed by atoms with Crippen LogP contribution in [0.5, 0.6) is 0 Å². The van der Waals surface area contributed by atoms with Crippen LogP contribution in [0.4, 0.5) is 4.79 Å². The lowest BCUT2D eigenvalue weighted by Gasteiger charge is -2.35. The summed E-state index contributed by atoms with van der Waals surface area (Å²) in [5, 5.41) is 2.87. The van der Waals surface area contributed by atoms with Gasteiger partial charge < -0.3 is 15.0 Å². The molecule has 0 saturated carbocycles. The number of nitrogens with one attached hydrogen (secondary N) is 1. The third-order valence-corrected chi connectivity index (χ3v) is 3.35. The van der Waals surface area contributed by atoms with Crippen molar-refractivity contribution in [3.63, 3.8) is 0 Å². The first-order valence-corrected chi connectivity index (χ1v) is 5.97. The van der Waals surface area contributed by atoms with E-state index in [0.29, 0.717) is 12.6 Å². The van der Waals surface area contributed by atoms with Crippen LogP contribution in [0.25, 0.3) is 0 Å². The number of morpholine rings is 1. The van der Waals surface area contributed by atoms with Crippen LogP contribution in [-0.2, 0) is 4.74 Å². The molecule has 2 aliphatic rings. The summed E-state index contributed by atoms with van der Waals surface area (Å²) in [5.41, 5.74) is 0. The van der Waals surface area contributed by atoms with Crippen molar-refractivity contribution >= 4 is 6.03 Å². The first-order valence-electron chi connectivity index (χ1n) is 5.97. The van der Waals surface area contributed by atoms with Gasteiger partial charge in [0.05, 0.1) is 12.7 Å². The minimum absolute atomic E-state index is 0.0489. The van der Waals surface area contributed by atoms with Crippen molar-refractivity contribution in [2.45, 2.75) is 25.0 Å². The van der Waals surface area contributed by atoms with Gasteiger partial charge in [-0.3, -0.25) is 4.90 Å². The molecule has 2 aliphatic heterocycles. The van der Waals surface area contributed by atoms with Crippen molar-refractivity contribution < 1.29 is 9.53 Å². The third kappa shape index (κ3) is 2.65. The van der Waals surface area contributed by atoms with Gasteiger partial charge in [0, 0.05) is 33.2 Å². The number of carbonyl (C=O) groups excluding carboxylic acids is 1. The number of nitrogens with zero attached hydrogens (tertiary/aromatic N) is 2. The Morgan fingerprint density at radius 2 is 2.38 bits per heavy atom. The summed E-state index contributed by atoms with van der Waals surface area (Å²) in [5.74, 6) is 0. The van der Waals surface area contributed by atoms with Gasteiger partial charge in [0.15, 0.2) is 0 Å². The predicted octanol–water partition coefficient (Wildman–Crippen LogP) is 0.121. The first kappa shape index (κ1) is 11.7. The molecule has 2 rings (SSSR count). The van der Waals surface area contributed by atoms with E-state index in [0.717, 1.165) is 13.2 Å². The SMILES string of the molecule is CN(C)C(=O)NCC1CN2CCCC2CO1. The fraction of sp³-hybridized carbons (Fsp3) is 0.909. The number of carbonyl (C=O) groups is 1. The highest BCUT2D eigenvalue weighted by molar-refractivity contribution is 5.73. The van der Waals surface area contributed by atoms with Crippen LogP contribution in [0.1, 0.15) is 12.8 Å². The topological polar surface area (TPSA) is 44.8 Å². The van der Waals surface area contributed by atoms with Gasteiger partial charge in [0.2, 0.25) is 0 Å². The molecule has 2 atom stereocenters. The Hall–Kier alpha value is -0.810. The maximum Gasteiger partial charge on any atom is 0.316 e. The van der Waals surface area contributed by atoms with E-state index >= 15 is 0 Å². The van der Waals surface area contributed by atoms with E-state index in [1.54, 1.807) is 19.0 Å². The molecule has 2 heterocycles. The molecule has 0 aromatic rings. The summed E-state index contributed by atoms with van der Waals surface area (Å²) in [6, 6.07) is 0.577. The van der Waals surface area contributed by atoms with Gasteiger partial charge in [-0.25, -0.2) is 4.79 Å². The van der Waals surface area contributed by atoms with E-state index in [2.05, 4.69) is 10.2 Å². The zero-order valence-electron chi connectivity index (χ0n) is 10.1. The van der Waals surface area contributed by atoms with Crippen molar-refractivity contribution in [3.8, 4) is 0 Å². The second kappa shape index (κ2) is 5.01. The van der Waals surface area contributed by atoms with Gasteiger partial charge in [0.1, 0.15) is 0 Å². The van der Waals surface area contributed by atoms with Gasteiger partial charge in [-0.1, -0.05) is 0 Å². The van der Waals surface area contributed by atoms with Crippen molar-refractivity contribution in [1.82, 2.24) is 15.1 Å². The van der Waals surface area contributed by atoms with E-state index in [-0.39, 0.29) is 12.1 Å². The molecule has 0 aliphatic carbocycles. The summed E-state index contributed by atoms with van der Waals surface area (Å²) in [6.07, 6.45) is 2.69. The van der Waals surface area contributed by atoms with E-state index in [1.165, 1.54) is 19.4 Å². The number of urea groups is 1. The molecule has 0 bridgehead atoms. The van der Waals surface area contributed by atoms with Crippen LogP contribution in [0.3, 0.4) is 0 Å². The monoisotopic (exact) mass is 227 g/mol. The van der Waals surface area contributed by atoms with E-state index in [1.807, 2.05) is 0 Å². The van der Waals surface area contributed by atoms with Crippen LogP contribution in [0.2, 0.25) is 0 Å². The molecule has 0 aromatic carbocycles. The Morgan fingerprint density at radius 1 is 1.56 bits per heavy atom. The molecule has 5 nitrogen and oxygen atoms in total. The summed E-state index contributed by atoms with van der Waals surface area (Å²) < 4.78 is 5.75. The quantitative estimate of drug-likeness (QED) is 0.729. The van der Waals surface area contributed by atoms with E-state index < -0.39 is 0 Å². The van der Waals surface area contributed by atoms with Gasteiger partial charge in [-0.2, -0.15) is 0 Å². The number of rotatable bonds is 2. The molecule has 92 valence electrons. The van der Waals surface area contributed by atoms with E-state index in [4.69, 9.17) is 4.74 Å². The zero-order chi connectivity index (χ0) is 11.5. The number of fused-ring (bicyclic) bond motifs is 1. The molecule has 2 unspecified atom stereocenters. The Bertz CT molecular complexity index is 258. The minimum Gasteiger partial charge on any atom is -0.373 e. The maximum absolute atomic E-state index is 11.4. The van der Waals surface area contributed by atoms with Gasteiger partial charge in [0.25, 0.3) is 0 Å². The standard InChI is InChI=1S/C11H21N3O2/c1-13(2)11(15)12-6-10-7-14-5-3-4-9(14)8-16-10/h9-10H,3-8H2,1-2H3,(H,12,15). The van der Waals surface area contributed by atoms with Crippen LogP contribution in [0.15, 0.2) is 0 Å². The number of hydrogen-bond acceptors (Lipinski definition) is 3. The molecule has 0 radical (unpaired) electrons. The van der Waals surface area contributed by atoms with Crippen molar-refractivity contribution in [2.24, 2.45) is 0 Å². The normalized spacial score (nSPS) is 29.9. The van der Waals surface area contributed by atoms with Crippen molar-refractivity contribution in [1.29, 1.82) is 0 Å². The minimum atomic E-state index is -0.0489. The molecule has 2 amide bonds. The lowest BCUT2D eigenvalue weighted by atomic mass is 10.2. The van der Waals surface area contributed by atoms with Gasteiger partial charge >= 0.3 is 6.03 Å². The Kier molecular flexibility index (Phi) is 3.66. The maximum atomic E-state index is 11.4. The van der Waals surface area contributed by atoms with Gasteiger partial charge in [-0.15, -0.1) is 0 Å². The molecule has 16 heavy (non-hydrogen) atoms. The number of hydrogen-bond donors (Lipinski definition) is 1. The molecular weight excluding hydrogens is 206 g/mol. The zero-order valence-corrected chi connectivity index (χ0v) is 10.1. The van der Waals surface area contributed by atoms with E-state index in [9.17, 15) is 4.79 Å². The van der Waals surface area contributed by atoms with Gasteiger partial charge in [-0.05, 0) is 19.4 Å². The molecule has 2 saturated heterocycles. The summed E-state index contributed by atoms with van der Waals surface area (Å²) in [6.45, 7) is 3.58. The summed E-state index contributed by atoms with van der Waals surface area (Å²) in [7, 11) is 3.49. The number of ether oxygens (including phenoxy) is 1. The Morgan fingerprint density at radius 3 is 3.12 bits per heavy atom. The molecule has 0 aromatic heterocycles. The predicted molar refractivity (Wildman–Crippen MR) is 61.4 cm³/mol. The largest absolute Gasteiger partial charge is 0.373 e. The smallest absolute Gasteiger partial charge is 0.316 e. The lowest BCUT2D eigenvalue weighted by molar-refractivity contribution is -0.0460. The van der Waals surface area contributed by atoms with Crippen LogP contribution < -0.4 is 5.32 Å². The van der Waals surface area contributed by atoms with Crippen LogP contribution in [-0.4, -0.2) is 68.3 Å². The second-order valence-corrected chi connectivity index (χ2v) is 4.83. The van der Waals surface area contributed by atoms with Crippen molar-refractivity contribution in [2.75, 3.05) is 40.3 Å². The lowest BCUT2D eigenvalue weighted by Crippen LogP contribution is -2.51. The van der Waals surface area contributed by atoms with Crippen LogP contribution >= 0.6 is 0 Å². The fourth-order valence-electron chi connectivity index (χ4n) is 2.37. The Labute approximate surface area is 96.7 Å². The highest BCUT2D eigenvalue weighted by atomic mass is 16.5. The molecular formula is C11H21N3O2. The first-order chi connectivity index (χ1) is 7.66. The van der Waals surface area contributed by atoms with Crippen LogP contribution in [0, 0.1) is 0 Å². The number of amides is 2. The molecule has 1 N–H and O–H groups in total. The third-order valence-electron chi connectivity index (χ3n) is 3.35. The average molecular weight is 227 g/mol. The molecule has 2 fully saturated rings. The molecule has 5 heteroatoms. The summed E-state index contributed by atoms with van der Waals surface area (Å²) in [4.78, 5) is 15.4.